The van der Waals surface area contributed by atoms with Gasteiger partial charge in [-0.1, -0.05) is 11.6 Å². The summed E-state index contributed by atoms with van der Waals surface area (Å²) in [5, 5.41) is 7.39. The Balaban J connectivity index is 2.21. The fraction of sp³-hybridized carbons (Fsp3) is 0.167. The smallest absolute Gasteiger partial charge is 0.387 e. The van der Waals surface area contributed by atoms with E-state index in [1.165, 1.54) is 6.07 Å². The summed E-state index contributed by atoms with van der Waals surface area (Å²) in [4.78, 5) is 0. The maximum absolute atomic E-state index is 12.4. The van der Waals surface area contributed by atoms with Gasteiger partial charge in [-0.05, 0) is 50.5 Å². The summed E-state index contributed by atoms with van der Waals surface area (Å²) in [5.41, 5.74) is 1.48. The number of nitrogens with one attached hydrogen (secondary N) is 1. The first kappa shape index (κ1) is 14.6. The highest BCUT2D eigenvalue weighted by atomic mass is 79.9. The molecule has 1 N–H and O–H groups in total. The van der Waals surface area contributed by atoms with Crippen LogP contribution in [0, 0.1) is 0 Å². The molecule has 0 aliphatic carbocycles. The topological polar surface area (TPSA) is 21.3 Å². The van der Waals surface area contributed by atoms with Crippen LogP contribution in [0.15, 0.2) is 33.4 Å². The van der Waals surface area contributed by atoms with Gasteiger partial charge in [0.05, 0.1) is 10.2 Å². The minimum atomic E-state index is -2.89. The Kier molecular flexibility index (Phi) is 5.01. The molecule has 0 aliphatic heterocycles. The molecule has 7 heteroatoms. The van der Waals surface area contributed by atoms with Crippen molar-refractivity contribution in [1.82, 2.24) is 0 Å². The number of hydrogen-bond acceptors (Lipinski definition) is 3. The zero-order chi connectivity index (χ0) is 13.8. The molecular weight excluding hydrogens is 360 g/mol. The van der Waals surface area contributed by atoms with Crippen LogP contribution in [0.3, 0.4) is 0 Å². The lowest BCUT2D eigenvalue weighted by atomic mass is 10.2. The average Bonchev–Trinajstić information content (AvgIpc) is 2.83. The Labute approximate surface area is 126 Å². The number of ether oxygens (including phenoxy) is 1. The van der Waals surface area contributed by atoms with Gasteiger partial charge in [0, 0.05) is 11.6 Å². The molecule has 2 nitrogen and oxygen atoms in total. The summed E-state index contributed by atoms with van der Waals surface area (Å²) in [6.07, 6.45) is 0. The van der Waals surface area contributed by atoms with Gasteiger partial charge >= 0.3 is 6.61 Å². The summed E-state index contributed by atoms with van der Waals surface area (Å²) in [6, 6.07) is 5.01. The fourth-order valence-electron chi connectivity index (χ4n) is 1.49. The van der Waals surface area contributed by atoms with Crippen molar-refractivity contribution in [3.05, 3.63) is 44.0 Å². The van der Waals surface area contributed by atoms with E-state index < -0.39 is 6.61 Å². The maximum Gasteiger partial charge on any atom is 0.387 e. The molecule has 1 aromatic carbocycles. The highest BCUT2D eigenvalue weighted by Gasteiger charge is 2.14. The minimum Gasteiger partial charge on any atom is -0.431 e. The second kappa shape index (κ2) is 6.54. The summed E-state index contributed by atoms with van der Waals surface area (Å²) >= 11 is 10.6. The van der Waals surface area contributed by atoms with Crippen molar-refractivity contribution < 1.29 is 13.5 Å². The Morgan fingerprint density at radius 3 is 2.84 bits per heavy atom. The average molecular weight is 369 g/mol. The standard InChI is InChI=1S/C12H9BrClF2NOS/c13-9-3-8(14)4-10(11(9)18-12(15)16)17-5-7-1-2-19-6-7/h1-4,6,12,17H,5H2. The third-order valence-corrected chi connectivity index (χ3v) is 3.82. The summed E-state index contributed by atoms with van der Waals surface area (Å²) in [6.45, 7) is -2.38. The van der Waals surface area contributed by atoms with Crippen molar-refractivity contribution >= 4 is 44.6 Å². The van der Waals surface area contributed by atoms with E-state index in [9.17, 15) is 8.78 Å². The van der Waals surface area contributed by atoms with Crippen LogP contribution in [-0.4, -0.2) is 6.61 Å². The second-order valence-corrected chi connectivity index (χ2v) is 5.70. The highest BCUT2D eigenvalue weighted by Crippen LogP contribution is 2.37. The van der Waals surface area contributed by atoms with Crippen LogP contribution in [0.1, 0.15) is 5.56 Å². The van der Waals surface area contributed by atoms with E-state index in [1.54, 1.807) is 17.4 Å². The van der Waals surface area contributed by atoms with Gasteiger partial charge in [-0.2, -0.15) is 20.1 Å². The number of benzene rings is 1. The number of hydrogen-bond donors (Lipinski definition) is 1. The minimum absolute atomic E-state index is 0.0506. The van der Waals surface area contributed by atoms with E-state index in [0.717, 1.165) is 5.56 Å². The fourth-order valence-corrected chi connectivity index (χ4v) is 3.06. The molecule has 0 saturated carbocycles. The third kappa shape index (κ3) is 4.06. The van der Waals surface area contributed by atoms with Gasteiger partial charge in [0.25, 0.3) is 0 Å². The van der Waals surface area contributed by atoms with Crippen LogP contribution in [0.25, 0.3) is 0 Å². The van der Waals surface area contributed by atoms with Gasteiger partial charge in [0.2, 0.25) is 0 Å². The molecule has 2 rings (SSSR count). The second-order valence-electron chi connectivity index (χ2n) is 3.63. The number of halogens is 4. The predicted octanol–water partition coefficient (Wildman–Crippen LogP) is 5.38. The van der Waals surface area contributed by atoms with Gasteiger partial charge in [-0.3, -0.25) is 0 Å². The van der Waals surface area contributed by atoms with Crippen molar-refractivity contribution in [3.63, 3.8) is 0 Å². The monoisotopic (exact) mass is 367 g/mol. The van der Waals surface area contributed by atoms with E-state index in [4.69, 9.17) is 11.6 Å². The van der Waals surface area contributed by atoms with Crippen LogP contribution >= 0.6 is 38.9 Å². The molecule has 1 aromatic heterocycles. The van der Waals surface area contributed by atoms with Crippen LogP contribution in [0.2, 0.25) is 5.02 Å². The van der Waals surface area contributed by atoms with Gasteiger partial charge in [0.1, 0.15) is 0 Å². The predicted molar refractivity (Wildman–Crippen MR) is 77.4 cm³/mol. The summed E-state index contributed by atoms with van der Waals surface area (Å²) < 4.78 is 29.7. The number of rotatable bonds is 5. The molecule has 0 bridgehead atoms. The highest BCUT2D eigenvalue weighted by molar-refractivity contribution is 9.10. The zero-order valence-corrected chi connectivity index (χ0v) is 12.7. The molecule has 2 aromatic rings. The summed E-state index contributed by atoms with van der Waals surface area (Å²) in [7, 11) is 0. The van der Waals surface area contributed by atoms with Gasteiger partial charge in [-0.15, -0.1) is 0 Å². The van der Waals surface area contributed by atoms with Crippen LogP contribution < -0.4 is 10.1 Å². The largest absolute Gasteiger partial charge is 0.431 e. The SMILES string of the molecule is FC(F)Oc1c(Br)cc(Cl)cc1NCc1ccsc1. The van der Waals surface area contributed by atoms with E-state index in [-0.39, 0.29) is 5.75 Å². The number of anilines is 1. The van der Waals surface area contributed by atoms with Gasteiger partial charge in [-0.25, -0.2) is 0 Å². The van der Waals surface area contributed by atoms with Gasteiger partial charge < -0.3 is 10.1 Å². The van der Waals surface area contributed by atoms with E-state index in [0.29, 0.717) is 21.7 Å². The molecule has 102 valence electrons. The van der Waals surface area contributed by atoms with E-state index in [1.807, 2.05) is 16.8 Å². The summed E-state index contributed by atoms with van der Waals surface area (Å²) in [5.74, 6) is 0.0506. The molecule has 1 heterocycles. The molecule has 19 heavy (non-hydrogen) atoms. The first-order valence-electron chi connectivity index (χ1n) is 5.25. The molecular formula is C12H9BrClF2NOS. The lowest BCUT2D eigenvalue weighted by Crippen LogP contribution is -2.07. The van der Waals surface area contributed by atoms with Gasteiger partial charge in [0.15, 0.2) is 5.75 Å². The Morgan fingerprint density at radius 2 is 2.21 bits per heavy atom. The van der Waals surface area contributed by atoms with E-state index in [2.05, 4.69) is 26.0 Å². The molecule has 0 aliphatic rings. The van der Waals surface area contributed by atoms with E-state index >= 15 is 0 Å². The van der Waals surface area contributed by atoms with Crippen molar-refractivity contribution in [3.8, 4) is 5.75 Å². The van der Waals surface area contributed by atoms with Crippen molar-refractivity contribution in [1.29, 1.82) is 0 Å². The van der Waals surface area contributed by atoms with Crippen molar-refractivity contribution in [2.75, 3.05) is 5.32 Å². The molecule has 0 unspecified atom stereocenters. The lowest BCUT2D eigenvalue weighted by Gasteiger charge is -2.14. The number of thiophene rings is 1. The first-order chi connectivity index (χ1) is 9.06. The first-order valence-corrected chi connectivity index (χ1v) is 7.36. The molecule has 0 fully saturated rings. The Hall–Kier alpha value is -0.850. The Bertz CT molecular complexity index is 551. The maximum atomic E-state index is 12.4. The van der Waals surface area contributed by atoms with Crippen LogP contribution in [-0.2, 0) is 6.54 Å². The normalized spacial score (nSPS) is 10.8. The van der Waals surface area contributed by atoms with Crippen LogP contribution in [0.5, 0.6) is 5.75 Å². The van der Waals surface area contributed by atoms with Crippen molar-refractivity contribution in [2.45, 2.75) is 13.2 Å². The Morgan fingerprint density at radius 1 is 1.42 bits per heavy atom. The number of alkyl halides is 2. The lowest BCUT2D eigenvalue weighted by molar-refractivity contribution is -0.0498. The third-order valence-electron chi connectivity index (χ3n) is 2.28. The molecule has 0 saturated heterocycles. The molecule has 0 spiro atoms. The molecule has 0 amide bonds. The van der Waals surface area contributed by atoms with Crippen molar-refractivity contribution in [2.24, 2.45) is 0 Å². The quantitative estimate of drug-likeness (QED) is 0.765. The molecule has 0 radical (unpaired) electrons. The molecule has 0 atom stereocenters. The van der Waals surface area contributed by atoms with Crippen LogP contribution in [0.4, 0.5) is 14.5 Å². The zero-order valence-electron chi connectivity index (χ0n) is 9.50.